The molecule has 126 valence electrons. The van der Waals surface area contributed by atoms with Crippen molar-refractivity contribution in [1.29, 1.82) is 0 Å². The molecule has 0 aliphatic carbocycles. The van der Waals surface area contributed by atoms with Crippen molar-refractivity contribution in [2.45, 2.75) is 20.3 Å². The molecule has 1 saturated heterocycles. The van der Waals surface area contributed by atoms with Crippen LogP contribution in [0, 0.1) is 28.9 Å². The van der Waals surface area contributed by atoms with Crippen LogP contribution >= 0.6 is 0 Å². The number of aliphatic carboxylic acids is 1. The highest BCUT2D eigenvalue weighted by Gasteiger charge is 2.31. The van der Waals surface area contributed by atoms with E-state index in [1.807, 2.05) is 17.9 Å². The second-order valence-corrected chi connectivity index (χ2v) is 6.49. The molecule has 1 fully saturated rings. The van der Waals surface area contributed by atoms with E-state index in [0.29, 0.717) is 29.6 Å². The van der Waals surface area contributed by atoms with Gasteiger partial charge in [0.2, 0.25) is 0 Å². The number of nitro benzene ring substituents is 1. The molecule has 7 heteroatoms. The highest BCUT2D eigenvalue weighted by Crippen LogP contribution is 2.35. The molecule has 1 N–H and O–H groups in total. The van der Waals surface area contributed by atoms with Gasteiger partial charge in [0.15, 0.2) is 5.52 Å². The molecule has 0 saturated carbocycles. The van der Waals surface area contributed by atoms with E-state index in [1.165, 1.54) is 6.07 Å². The van der Waals surface area contributed by atoms with Crippen LogP contribution in [0.2, 0.25) is 0 Å². The van der Waals surface area contributed by atoms with Crippen molar-refractivity contribution in [3.63, 3.8) is 0 Å². The lowest BCUT2D eigenvalue weighted by Crippen LogP contribution is -2.42. The molecule has 0 amide bonds. The zero-order valence-electron chi connectivity index (χ0n) is 13.6. The quantitative estimate of drug-likeness (QED) is 0.687. The molecule has 0 spiro atoms. The van der Waals surface area contributed by atoms with Gasteiger partial charge in [-0.05, 0) is 25.3 Å². The maximum atomic E-state index is 11.4. The number of non-ortho nitro benzene ring substituents is 1. The summed E-state index contributed by atoms with van der Waals surface area (Å²) in [6, 6.07) is 6.77. The number of para-hydroxylation sites is 1. The minimum Gasteiger partial charge on any atom is -0.481 e. The Balaban J connectivity index is 2.13. The number of aryl methyl sites for hydroxylation is 1. The number of carboxylic acid groups (broad SMARTS) is 1. The van der Waals surface area contributed by atoms with Gasteiger partial charge in [-0.1, -0.05) is 19.1 Å². The van der Waals surface area contributed by atoms with Gasteiger partial charge in [0.1, 0.15) is 0 Å². The van der Waals surface area contributed by atoms with E-state index in [-0.39, 0.29) is 11.6 Å². The molecule has 1 aliphatic rings. The van der Waals surface area contributed by atoms with E-state index in [2.05, 4.69) is 4.98 Å². The van der Waals surface area contributed by atoms with Gasteiger partial charge in [-0.25, -0.2) is 4.98 Å². The van der Waals surface area contributed by atoms with Gasteiger partial charge in [0.05, 0.1) is 10.8 Å². The average Bonchev–Trinajstić information content (AvgIpc) is 2.52. The summed E-state index contributed by atoms with van der Waals surface area (Å²) >= 11 is 0. The summed E-state index contributed by atoms with van der Waals surface area (Å²) in [6.45, 7) is 4.95. The number of carbonyl (C=O) groups is 1. The Morgan fingerprint density at radius 2 is 2.17 bits per heavy atom. The minimum absolute atomic E-state index is 0.0303. The molecular weight excluding hydrogens is 310 g/mol. The average molecular weight is 329 g/mol. The second-order valence-electron chi connectivity index (χ2n) is 6.49. The van der Waals surface area contributed by atoms with E-state index < -0.39 is 16.8 Å². The fraction of sp³-hybridized carbons (Fsp3) is 0.412. The third kappa shape index (κ3) is 2.89. The van der Waals surface area contributed by atoms with Gasteiger partial charge >= 0.3 is 5.97 Å². The van der Waals surface area contributed by atoms with E-state index >= 15 is 0 Å². The van der Waals surface area contributed by atoms with Crippen LogP contribution in [0.25, 0.3) is 10.9 Å². The first-order chi connectivity index (χ1) is 11.4. The molecule has 2 unspecified atom stereocenters. The maximum absolute atomic E-state index is 11.4. The molecule has 7 nitrogen and oxygen atoms in total. The predicted molar refractivity (Wildman–Crippen MR) is 90.3 cm³/mol. The van der Waals surface area contributed by atoms with Crippen LogP contribution in [-0.2, 0) is 4.79 Å². The van der Waals surface area contributed by atoms with Crippen molar-refractivity contribution >= 4 is 28.2 Å². The first kappa shape index (κ1) is 16.2. The van der Waals surface area contributed by atoms with Crippen LogP contribution in [0.15, 0.2) is 24.3 Å². The Hall–Kier alpha value is -2.70. The van der Waals surface area contributed by atoms with Gasteiger partial charge in [-0.2, -0.15) is 0 Å². The van der Waals surface area contributed by atoms with Crippen LogP contribution in [0.3, 0.4) is 0 Å². The van der Waals surface area contributed by atoms with Gasteiger partial charge in [-0.15, -0.1) is 0 Å². The zero-order chi connectivity index (χ0) is 17.4. The van der Waals surface area contributed by atoms with Crippen LogP contribution in [0.5, 0.6) is 0 Å². The largest absolute Gasteiger partial charge is 0.481 e. The second kappa shape index (κ2) is 6.07. The Morgan fingerprint density at radius 3 is 2.83 bits per heavy atom. The van der Waals surface area contributed by atoms with Crippen LogP contribution in [0.1, 0.15) is 19.0 Å². The smallest absolute Gasteiger partial charge is 0.308 e. The highest BCUT2D eigenvalue weighted by atomic mass is 16.6. The number of pyridine rings is 1. The highest BCUT2D eigenvalue weighted by molar-refractivity contribution is 5.97. The molecule has 24 heavy (non-hydrogen) atoms. The fourth-order valence-corrected chi connectivity index (χ4v) is 3.48. The Labute approximate surface area is 139 Å². The summed E-state index contributed by atoms with van der Waals surface area (Å²) in [5.41, 5.74) is 1.82. The number of carboxylic acids is 1. The van der Waals surface area contributed by atoms with Crippen molar-refractivity contribution in [3.05, 3.63) is 40.1 Å². The summed E-state index contributed by atoms with van der Waals surface area (Å²) in [5, 5.41) is 21.3. The van der Waals surface area contributed by atoms with Crippen molar-refractivity contribution in [2.75, 3.05) is 18.0 Å². The lowest BCUT2D eigenvalue weighted by atomic mass is 9.90. The Bertz CT molecular complexity index is 821. The van der Waals surface area contributed by atoms with Crippen molar-refractivity contribution in [3.8, 4) is 0 Å². The summed E-state index contributed by atoms with van der Waals surface area (Å²) in [4.78, 5) is 28.6. The summed E-state index contributed by atoms with van der Waals surface area (Å²) in [6.07, 6.45) is 0.647. The third-order valence-corrected chi connectivity index (χ3v) is 4.47. The van der Waals surface area contributed by atoms with Crippen LogP contribution < -0.4 is 4.90 Å². The van der Waals surface area contributed by atoms with Crippen molar-refractivity contribution in [2.24, 2.45) is 11.8 Å². The number of benzene rings is 1. The van der Waals surface area contributed by atoms with E-state index in [0.717, 1.165) is 12.2 Å². The lowest BCUT2D eigenvalue weighted by molar-refractivity contribution is -0.383. The molecular formula is C17H19N3O4. The Kier molecular flexibility index (Phi) is 4.09. The topological polar surface area (TPSA) is 96.6 Å². The predicted octanol–water partition coefficient (Wildman–Crippen LogP) is 3.00. The maximum Gasteiger partial charge on any atom is 0.308 e. The van der Waals surface area contributed by atoms with Gasteiger partial charge in [0.25, 0.3) is 5.69 Å². The molecule has 3 rings (SSSR count). The number of fused-ring (bicyclic) bond motifs is 1. The summed E-state index contributed by atoms with van der Waals surface area (Å²) in [7, 11) is 0. The zero-order valence-corrected chi connectivity index (χ0v) is 13.6. The molecule has 2 atom stereocenters. The number of nitro groups is 1. The first-order valence-electron chi connectivity index (χ1n) is 7.89. The summed E-state index contributed by atoms with van der Waals surface area (Å²) < 4.78 is 0. The molecule has 2 heterocycles. The number of hydrogen-bond donors (Lipinski definition) is 1. The molecule has 0 bridgehead atoms. The molecule has 1 aromatic carbocycles. The van der Waals surface area contributed by atoms with Crippen molar-refractivity contribution in [1.82, 2.24) is 4.98 Å². The van der Waals surface area contributed by atoms with E-state index in [9.17, 15) is 20.0 Å². The summed E-state index contributed by atoms with van der Waals surface area (Å²) in [5.74, 6) is -0.995. The van der Waals surface area contributed by atoms with E-state index in [1.54, 1.807) is 19.1 Å². The van der Waals surface area contributed by atoms with Gasteiger partial charge in [-0.3, -0.25) is 14.9 Å². The standard InChI is InChI=1S/C17H19N3O4/c1-10-6-12(17(21)22)9-19(8-10)15-7-11(2)18-16-13(15)4-3-5-14(16)20(23)24/h3-5,7,10,12H,6,8-9H2,1-2H3,(H,21,22). The van der Waals surface area contributed by atoms with Crippen LogP contribution in [0.4, 0.5) is 11.4 Å². The SMILES string of the molecule is Cc1cc(N2CC(C)CC(C(=O)O)C2)c2cccc([N+](=O)[O-])c2n1. The number of rotatable bonds is 3. The Morgan fingerprint density at radius 1 is 1.42 bits per heavy atom. The number of anilines is 1. The molecule has 1 aromatic heterocycles. The monoisotopic (exact) mass is 329 g/mol. The molecule has 1 aliphatic heterocycles. The van der Waals surface area contributed by atoms with Crippen LogP contribution in [-0.4, -0.2) is 34.1 Å². The molecule has 0 radical (unpaired) electrons. The van der Waals surface area contributed by atoms with E-state index in [4.69, 9.17) is 0 Å². The fourth-order valence-electron chi connectivity index (χ4n) is 3.48. The molecule has 2 aromatic rings. The lowest BCUT2D eigenvalue weighted by Gasteiger charge is -2.36. The minimum atomic E-state index is -0.799. The number of piperidine rings is 1. The first-order valence-corrected chi connectivity index (χ1v) is 7.89. The third-order valence-electron chi connectivity index (χ3n) is 4.47. The number of aromatic nitrogens is 1. The van der Waals surface area contributed by atoms with Gasteiger partial charge in [0, 0.05) is 35.9 Å². The van der Waals surface area contributed by atoms with Crippen molar-refractivity contribution < 1.29 is 14.8 Å². The van der Waals surface area contributed by atoms with Gasteiger partial charge < -0.3 is 10.0 Å². The number of hydrogen-bond acceptors (Lipinski definition) is 5. The normalized spacial score (nSPS) is 21.0. The number of nitrogens with zero attached hydrogens (tertiary/aromatic N) is 3.